The number of rotatable bonds is 7. The van der Waals surface area contributed by atoms with Crippen molar-refractivity contribution in [3.63, 3.8) is 0 Å². The molecule has 6 heteroatoms. The van der Waals surface area contributed by atoms with E-state index in [0.717, 1.165) is 33.7 Å². The van der Waals surface area contributed by atoms with Gasteiger partial charge in [0.05, 0.1) is 17.1 Å². The lowest BCUT2D eigenvalue weighted by Gasteiger charge is -2.17. The Hall–Kier alpha value is -4.19. The van der Waals surface area contributed by atoms with Crippen molar-refractivity contribution in [2.45, 2.75) is 26.4 Å². The van der Waals surface area contributed by atoms with Gasteiger partial charge in [-0.1, -0.05) is 54.6 Å². The molecule has 0 saturated carbocycles. The Morgan fingerprint density at radius 1 is 0.971 bits per heavy atom. The third kappa shape index (κ3) is 4.62. The number of nitrogens with zero attached hydrogens (tertiary/aromatic N) is 3. The van der Waals surface area contributed by atoms with E-state index < -0.39 is 0 Å². The number of aromatic amines is 1. The van der Waals surface area contributed by atoms with E-state index in [-0.39, 0.29) is 12.0 Å². The average molecular weight is 451 g/mol. The summed E-state index contributed by atoms with van der Waals surface area (Å²) in [5, 5.41) is 0. The maximum absolute atomic E-state index is 13.4. The number of aromatic nitrogens is 2. The van der Waals surface area contributed by atoms with Crippen LogP contribution in [0.3, 0.4) is 0 Å². The zero-order chi connectivity index (χ0) is 23.5. The molecular formula is C28H26N4O2. The first-order valence-electron chi connectivity index (χ1n) is 11.4. The van der Waals surface area contributed by atoms with Gasteiger partial charge in [0.2, 0.25) is 0 Å². The van der Waals surface area contributed by atoms with Crippen LogP contribution in [0.2, 0.25) is 0 Å². The molecule has 1 aliphatic heterocycles. The highest BCUT2D eigenvalue weighted by atomic mass is 16.5. The van der Waals surface area contributed by atoms with Crippen molar-refractivity contribution in [3.05, 3.63) is 102 Å². The van der Waals surface area contributed by atoms with Gasteiger partial charge in [-0.2, -0.15) is 0 Å². The Balaban J connectivity index is 1.41. The number of hydrogen-bond donors (Lipinski definition) is 1. The first kappa shape index (κ1) is 21.6. The fourth-order valence-electron chi connectivity index (χ4n) is 3.98. The van der Waals surface area contributed by atoms with Crippen LogP contribution in [0.15, 0.2) is 89.6 Å². The molecule has 0 unspecified atom stereocenters. The molecule has 0 atom stereocenters. The summed E-state index contributed by atoms with van der Waals surface area (Å²) in [5.41, 5.74) is 4.14. The first-order chi connectivity index (χ1) is 16.6. The van der Waals surface area contributed by atoms with E-state index in [4.69, 9.17) is 9.73 Å². The summed E-state index contributed by atoms with van der Waals surface area (Å²) in [6, 6.07) is 25.4. The Morgan fingerprint density at radius 3 is 2.44 bits per heavy atom. The van der Waals surface area contributed by atoms with Crippen LogP contribution in [0, 0.1) is 0 Å². The van der Waals surface area contributed by atoms with Gasteiger partial charge in [0.1, 0.15) is 23.1 Å². The molecular weight excluding hydrogens is 424 g/mol. The van der Waals surface area contributed by atoms with Crippen molar-refractivity contribution < 1.29 is 9.53 Å². The Morgan fingerprint density at radius 2 is 1.71 bits per heavy atom. The van der Waals surface area contributed by atoms with Gasteiger partial charge >= 0.3 is 0 Å². The largest absolute Gasteiger partial charge is 0.491 e. The molecule has 6 nitrogen and oxygen atoms in total. The molecule has 1 aliphatic rings. The second kappa shape index (κ2) is 9.35. The summed E-state index contributed by atoms with van der Waals surface area (Å²) in [4.78, 5) is 27.9. The van der Waals surface area contributed by atoms with E-state index in [2.05, 4.69) is 9.97 Å². The maximum Gasteiger partial charge on any atom is 0.278 e. The molecule has 0 aliphatic carbocycles. The number of H-pyrrole nitrogens is 1. The van der Waals surface area contributed by atoms with Crippen LogP contribution in [-0.2, 0) is 11.2 Å². The van der Waals surface area contributed by atoms with Gasteiger partial charge in [-0.25, -0.2) is 9.98 Å². The number of hydrogen-bond acceptors (Lipinski definition) is 4. The molecule has 0 fully saturated rings. The molecule has 4 aromatic rings. The lowest BCUT2D eigenvalue weighted by Crippen LogP contribution is -2.34. The predicted octanol–water partition coefficient (Wildman–Crippen LogP) is 5.22. The molecule has 0 spiro atoms. The molecule has 1 N–H and O–H groups in total. The van der Waals surface area contributed by atoms with Crippen LogP contribution in [-0.4, -0.2) is 39.3 Å². The number of carbonyl (C=O) groups excluding carboxylic acids is 1. The second-order valence-corrected chi connectivity index (χ2v) is 8.47. The van der Waals surface area contributed by atoms with Crippen molar-refractivity contribution in [3.8, 4) is 5.75 Å². The number of amides is 1. The van der Waals surface area contributed by atoms with Crippen molar-refractivity contribution in [1.29, 1.82) is 0 Å². The lowest BCUT2D eigenvalue weighted by molar-refractivity contribution is -0.122. The van der Waals surface area contributed by atoms with Crippen LogP contribution < -0.4 is 4.74 Å². The highest BCUT2D eigenvalue weighted by Crippen LogP contribution is 2.24. The van der Waals surface area contributed by atoms with Gasteiger partial charge < -0.3 is 9.72 Å². The minimum Gasteiger partial charge on any atom is -0.491 e. The summed E-state index contributed by atoms with van der Waals surface area (Å²) in [6.45, 7) is 4.46. The van der Waals surface area contributed by atoms with Gasteiger partial charge in [0.15, 0.2) is 0 Å². The third-order valence-electron chi connectivity index (χ3n) is 5.54. The van der Waals surface area contributed by atoms with Crippen molar-refractivity contribution in [2.24, 2.45) is 4.99 Å². The van der Waals surface area contributed by atoms with Gasteiger partial charge in [0.25, 0.3) is 5.91 Å². The van der Waals surface area contributed by atoms with Crippen LogP contribution >= 0.6 is 0 Å². The molecule has 1 amide bonds. The molecule has 2 heterocycles. The Bertz CT molecular complexity index is 1340. The van der Waals surface area contributed by atoms with Crippen molar-refractivity contribution >= 4 is 28.9 Å². The van der Waals surface area contributed by atoms with Crippen molar-refractivity contribution in [2.75, 3.05) is 6.54 Å². The monoisotopic (exact) mass is 450 g/mol. The molecule has 170 valence electrons. The van der Waals surface area contributed by atoms with E-state index in [1.165, 1.54) is 0 Å². The zero-order valence-corrected chi connectivity index (χ0v) is 19.2. The fourth-order valence-corrected chi connectivity index (χ4v) is 3.98. The number of benzene rings is 3. The highest BCUT2D eigenvalue weighted by molar-refractivity contribution is 6.19. The SMILES string of the molecule is CC(C)Oc1ccc(/C=C2\N=C(c3ccccc3)N(CCc3nc4ccccc4[nH]3)C2=O)cc1. The van der Waals surface area contributed by atoms with Crippen LogP contribution in [0.4, 0.5) is 0 Å². The molecule has 0 bridgehead atoms. The number of imidazole rings is 1. The van der Waals surface area contributed by atoms with E-state index in [9.17, 15) is 4.79 Å². The summed E-state index contributed by atoms with van der Waals surface area (Å²) < 4.78 is 5.72. The topological polar surface area (TPSA) is 70.6 Å². The Labute approximate surface area is 198 Å². The standard InChI is InChI=1S/C28H26N4O2/c1-19(2)34-22-14-12-20(13-15-22)18-25-28(33)32(27(31-25)21-8-4-3-5-9-21)17-16-26-29-23-10-6-7-11-24(23)30-26/h3-15,18-19H,16-17H2,1-2H3,(H,29,30)/b25-18-. The minimum atomic E-state index is -0.113. The average Bonchev–Trinajstić information content (AvgIpc) is 3.40. The second-order valence-electron chi connectivity index (χ2n) is 8.47. The molecule has 0 saturated heterocycles. The summed E-state index contributed by atoms with van der Waals surface area (Å²) in [5.74, 6) is 2.20. The fraction of sp³-hybridized carbons (Fsp3) is 0.179. The van der Waals surface area contributed by atoms with Gasteiger partial charge in [-0.05, 0) is 49.8 Å². The number of carbonyl (C=O) groups is 1. The highest BCUT2D eigenvalue weighted by Gasteiger charge is 2.31. The van der Waals surface area contributed by atoms with E-state index in [0.29, 0.717) is 24.5 Å². The molecule has 1 aromatic heterocycles. The maximum atomic E-state index is 13.4. The zero-order valence-electron chi connectivity index (χ0n) is 19.2. The predicted molar refractivity (Wildman–Crippen MR) is 135 cm³/mol. The molecule has 34 heavy (non-hydrogen) atoms. The summed E-state index contributed by atoms with van der Waals surface area (Å²) in [7, 11) is 0. The molecule has 5 rings (SSSR count). The van der Waals surface area contributed by atoms with Gasteiger partial charge in [-0.15, -0.1) is 0 Å². The number of para-hydroxylation sites is 2. The number of fused-ring (bicyclic) bond motifs is 1. The third-order valence-corrected chi connectivity index (χ3v) is 5.54. The normalized spacial score (nSPS) is 14.9. The minimum absolute atomic E-state index is 0.110. The summed E-state index contributed by atoms with van der Waals surface area (Å²) >= 11 is 0. The van der Waals surface area contributed by atoms with Crippen molar-refractivity contribution in [1.82, 2.24) is 14.9 Å². The number of amidine groups is 1. The van der Waals surface area contributed by atoms with E-state index >= 15 is 0 Å². The van der Waals surface area contributed by atoms with Gasteiger partial charge in [-0.3, -0.25) is 9.69 Å². The number of nitrogens with one attached hydrogen (secondary N) is 1. The van der Waals surface area contributed by atoms with Crippen LogP contribution in [0.5, 0.6) is 5.75 Å². The van der Waals surface area contributed by atoms with E-state index in [1.807, 2.05) is 98.8 Å². The van der Waals surface area contributed by atoms with Crippen LogP contribution in [0.1, 0.15) is 30.8 Å². The smallest absolute Gasteiger partial charge is 0.278 e. The summed E-state index contributed by atoms with van der Waals surface area (Å²) in [6.07, 6.45) is 2.53. The Kier molecular flexibility index (Phi) is 5.95. The first-order valence-corrected chi connectivity index (χ1v) is 11.4. The molecule has 0 radical (unpaired) electrons. The number of ether oxygens (including phenoxy) is 1. The quantitative estimate of drug-likeness (QED) is 0.392. The van der Waals surface area contributed by atoms with Crippen LogP contribution in [0.25, 0.3) is 17.1 Å². The molecule has 3 aromatic carbocycles. The number of aliphatic imine (C=N–C) groups is 1. The van der Waals surface area contributed by atoms with E-state index in [1.54, 1.807) is 4.90 Å². The van der Waals surface area contributed by atoms with Gasteiger partial charge in [0, 0.05) is 18.5 Å². The lowest BCUT2D eigenvalue weighted by atomic mass is 10.1.